The Kier molecular flexibility index (Phi) is 3.86. The summed E-state index contributed by atoms with van der Waals surface area (Å²) in [4.78, 5) is 25.0. The van der Waals surface area contributed by atoms with Crippen LogP contribution in [0.1, 0.15) is 17.0 Å². The number of fused-ring (bicyclic) bond motifs is 1. The number of carboxylic acid groups (broad SMARTS) is 1. The lowest BCUT2D eigenvalue weighted by atomic mass is 9.93. The van der Waals surface area contributed by atoms with Crippen molar-refractivity contribution in [2.75, 3.05) is 11.4 Å². The number of hydrogen-bond donors (Lipinski definition) is 1. The Morgan fingerprint density at radius 1 is 1.14 bits per heavy atom. The molecule has 0 aromatic heterocycles. The average Bonchev–Trinajstić information content (AvgIpc) is 2.75. The molecular weight excluding hydrogens is 302 g/mol. The highest BCUT2D eigenvalue weighted by molar-refractivity contribution is 6.30. The minimum Gasteiger partial charge on any atom is -0.480 e. The van der Waals surface area contributed by atoms with Gasteiger partial charge >= 0.3 is 5.97 Å². The standard InChI is InChI=1S/C17H14ClNO3/c18-12-7-5-11(6-8-12)9-14-13-3-1-2-4-15(13)19(17(14)22)10-16(20)21/h1-8,14H,9-10H2,(H,20,21)/t14-/m1/s1. The van der Waals surface area contributed by atoms with Crippen LogP contribution in [0.2, 0.25) is 5.02 Å². The number of amides is 1. The summed E-state index contributed by atoms with van der Waals surface area (Å²) in [6.45, 7) is -0.313. The summed E-state index contributed by atoms with van der Waals surface area (Å²) in [5, 5.41) is 9.66. The van der Waals surface area contributed by atoms with Crippen LogP contribution in [0.3, 0.4) is 0 Å². The van der Waals surface area contributed by atoms with E-state index in [-0.39, 0.29) is 18.4 Å². The molecule has 0 fully saturated rings. The Morgan fingerprint density at radius 3 is 2.50 bits per heavy atom. The van der Waals surface area contributed by atoms with Gasteiger partial charge in [-0.05, 0) is 35.7 Å². The summed E-state index contributed by atoms with van der Waals surface area (Å²) >= 11 is 5.88. The maximum absolute atomic E-state index is 12.6. The van der Waals surface area contributed by atoms with Crippen LogP contribution in [-0.2, 0) is 16.0 Å². The van der Waals surface area contributed by atoms with Gasteiger partial charge in [0.05, 0.1) is 5.92 Å². The Bertz CT molecular complexity index is 727. The third kappa shape index (κ3) is 2.70. The van der Waals surface area contributed by atoms with Crippen LogP contribution >= 0.6 is 11.6 Å². The van der Waals surface area contributed by atoms with E-state index in [9.17, 15) is 9.59 Å². The van der Waals surface area contributed by atoms with Crippen molar-refractivity contribution >= 4 is 29.2 Å². The number of carbonyl (C=O) groups is 2. The first-order chi connectivity index (χ1) is 10.6. The monoisotopic (exact) mass is 315 g/mol. The lowest BCUT2D eigenvalue weighted by molar-refractivity contribution is -0.136. The largest absolute Gasteiger partial charge is 0.480 e. The molecule has 0 saturated carbocycles. The van der Waals surface area contributed by atoms with E-state index in [1.165, 1.54) is 4.90 Å². The molecule has 2 aromatic rings. The molecule has 3 rings (SSSR count). The highest BCUT2D eigenvalue weighted by Gasteiger charge is 2.37. The van der Waals surface area contributed by atoms with Gasteiger partial charge in [0.25, 0.3) is 0 Å². The number of anilines is 1. The third-order valence-corrected chi connectivity index (χ3v) is 4.07. The van der Waals surface area contributed by atoms with Crippen LogP contribution < -0.4 is 4.90 Å². The number of para-hydroxylation sites is 1. The number of nitrogens with zero attached hydrogens (tertiary/aromatic N) is 1. The first kappa shape index (κ1) is 14.6. The molecule has 22 heavy (non-hydrogen) atoms. The molecule has 0 aliphatic carbocycles. The van der Waals surface area contributed by atoms with E-state index in [0.29, 0.717) is 17.1 Å². The lowest BCUT2D eigenvalue weighted by Gasteiger charge is -2.15. The quantitative estimate of drug-likeness (QED) is 0.943. The van der Waals surface area contributed by atoms with Gasteiger partial charge in [0.1, 0.15) is 6.54 Å². The number of benzene rings is 2. The van der Waals surface area contributed by atoms with Gasteiger partial charge in [0, 0.05) is 10.7 Å². The van der Waals surface area contributed by atoms with Crippen molar-refractivity contribution < 1.29 is 14.7 Å². The highest BCUT2D eigenvalue weighted by atomic mass is 35.5. The van der Waals surface area contributed by atoms with Crippen LogP contribution in [0, 0.1) is 0 Å². The van der Waals surface area contributed by atoms with E-state index >= 15 is 0 Å². The molecule has 0 saturated heterocycles. The molecule has 2 aromatic carbocycles. The molecule has 1 atom stereocenters. The maximum atomic E-state index is 12.6. The van der Waals surface area contributed by atoms with Crippen LogP contribution in [0.25, 0.3) is 0 Å². The lowest BCUT2D eigenvalue weighted by Crippen LogP contribution is -2.34. The average molecular weight is 316 g/mol. The first-order valence-electron chi connectivity index (χ1n) is 6.93. The van der Waals surface area contributed by atoms with E-state index in [2.05, 4.69) is 0 Å². The van der Waals surface area contributed by atoms with E-state index in [1.54, 1.807) is 18.2 Å². The topological polar surface area (TPSA) is 57.6 Å². The number of carbonyl (C=O) groups excluding carboxylic acids is 1. The van der Waals surface area contributed by atoms with Crippen LogP contribution in [0.15, 0.2) is 48.5 Å². The van der Waals surface area contributed by atoms with Crippen molar-refractivity contribution in [2.24, 2.45) is 0 Å². The fraction of sp³-hybridized carbons (Fsp3) is 0.176. The molecule has 1 amide bonds. The zero-order valence-electron chi connectivity index (χ0n) is 11.7. The minimum absolute atomic E-state index is 0.168. The fourth-order valence-electron chi connectivity index (χ4n) is 2.82. The molecule has 1 N–H and O–H groups in total. The van der Waals surface area contributed by atoms with Crippen molar-refractivity contribution in [3.8, 4) is 0 Å². The van der Waals surface area contributed by atoms with Gasteiger partial charge in [-0.15, -0.1) is 0 Å². The smallest absolute Gasteiger partial charge is 0.323 e. The van der Waals surface area contributed by atoms with Gasteiger partial charge in [-0.1, -0.05) is 41.9 Å². The van der Waals surface area contributed by atoms with Crippen molar-refractivity contribution in [1.29, 1.82) is 0 Å². The Morgan fingerprint density at radius 2 is 1.82 bits per heavy atom. The Balaban J connectivity index is 1.93. The second-order valence-corrected chi connectivity index (χ2v) is 5.70. The van der Waals surface area contributed by atoms with Gasteiger partial charge in [0.15, 0.2) is 0 Å². The molecule has 1 aliphatic heterocycles. The molecule has 112 valence electrons. The van der Waals surface area contributed by atoms with Gasteiger partial charge in [-0.3, -0.25) is 9.59 Å². The maximum Gasteiger partial charge on any atom is 0.323 e. The van der Waals surface area contributed by atoms with Crippen molar-refractivity contribution in [1.82, 2.24) is 0 Å². The molecule has 0 bridgehead atoms. The van der Waals surface area contributed by atoms with E-state index in [0.717, 1.165) is 11.1 Å². The molecule has 1 heterocycles. The molecule has 5 heteroatoms. The molecule has 0 spiro atoms. The van der Waals surface area contributed by atoms with Crippen molar-refractivity contribution in [2.45, 2.75) is 12.3 Å². The predicted octanol–water partition coefficient (Wildman–Crippen LogP) is 3.10. The summed E-state index contributed by atoms with van der Waals surface area (Å²) in [5.74, 6) is -1.54. The van der Waals surface area contributed by atoms with E-state index in [4.69, 9.17) is 16.7 Å². The highest BCUT2D eigenvalue weighted by Crippen LogP contribution is 2.38. The SMILES string of the molecule is O=C(O)CN1C(=O)[C@H](Cc2ccc(Cl)cc2)c2ccccc21. The summed E-state index contributed by atoms with van der Waals surface area (Å²) in [7, 11) is 0. The Hall–Kier alpha value is -2.33. The molecule has 0 unspecified atom stereocenters. The minimum atomic E-state index is -1.02. The van der Waals surface area contributed by atoms with Gasteiger partial charge in [-0.25, -0.2) is 0 Å². The van der Waals surface area contributed by atoms with Crippen LogP contribution in [0.5, 0.6) is 0 Å². The van der Waals surface area contributed by atoms with Gasteiger partial charge in [-0.2, -0.15) is 0 Å². The van der Waals surface area contributed by atoms with Crippen molar-refractivity contribution in [3.63, 3.8) is 0 Å². The van der Waals surface area contributed by atoms with Gasteiger partial charge < -0.3 is 10.0 Å². The second-order valence-electron chi connectivity index (χ2n) is 5.26. The van der Waals surface area contributed by atoms with Crippen LogP contribution in [0.4, 0.5) is 5.69 Å². The summed E-state index contributed by atoms with van der Waals surface area (Å²) in [6.07, 6.45) is 0.531. The molecular formula is C17H14ClNO3. The first-order valence-corrected chi connectivity index (χ1v) is 7.30. The van der Waals surface area contributed by atoms with Gasteiger partial charge in [0.2, 0.25) is 5.91 Å². The normalized spacial score (nSPS) is 16.7. The van der Waals surface area contributed by atoms with E-state index in [1.807, 2.05) is 30.3 Å². The number of hydrogen-bond acceptors (Lipinski definition) is 2. The molecule has 1 aliphatic rings. The predicted molar refractivity (Wildman–Crippen MR) is 84.3 cm³/mol. The fourth-order valence-corrected chi connectivity index (χ4v) is 2.95. The second kappa shape index (κ2) is 5.81. The van der Waals surface area contributed by atoms with Crippen LogP contribution in [-0.4, -0.2) is 23.5 Å². The zero-order valence-corrected chi connectivity index (χ0v) is 12.5. The number of carboxylic acids is 1. The summed E-state index contributed by atoms with van der Waals surface area (Å²) < 4.78 is 0. The summed E-state index contributed by atoms with van der Waals surface area (Å²) in [5.41, 5.74) is 2.56. The number of aliphatic carboxylic acids is 1. The molecule has 4 nitrogen and oxygen atoms in total. The van der Waals surface area contributed by atoms with E-state index < -0.39 is 5.97 Å². The number of rotatable bonds is 4. The molecule has 0 radical (unpaired) electrons. The zero-order chi connectivity index (χ0) is 15.7. The summed E-state index contributed by atoms with van der Waals surface area (Å²) in [6, 6.07) is 14.7. The van der Waals surface area contributed by atoms with Crippen molar-refractivity contribution in [3.05, 3.63) is 64.7 Å². The Labute approximate surface area is 132 Å². The number of halogens is 1. The third-order valence-electron chi connectivity index (χ3n) is 3.81.